The number of hydrogen-bond acceptors (Lipinski definition) is 6. The molecule has 1 unspecified atom stereocenters. The number of ether oxygens (including phenoxy) is 1. The molecule has 1 atom stereocenters. The Morgan fingerprint density at radius 3 is 2.51 bits per heavy atom. The number of piperidine rings is 1. The Labute approximate surface area is 315 Å². The zero-order valence-electron chi connectivity index (χ0n) is 28.5. The van der Waals surface area contributed by atoms with Gasteiger partial charge in [0, 0.05) is 57.8 Å². The number of nitriles is 1. The molecule has 0 aliphatic carbocycles. The Hall–Kier alpha value is -5.76. The normalized spacial score (nSPS) is 17.0. The van der Waals surface area contributed by atoms with E-state index in [0.29, 0.717) is 53.2 Å². The van der Waals surface area contributed by atoms with Gasteiger partial charge >= 0.3 is 6.09 Å². The number of halogens is 2. The van der Waals surface area contributed by atoms with Gasteiger partial charge in [-0.05, 0) is 72.9 Å². The van der Waals surface area contributed by atoms with Crippen LogP contribution in [0.2, 0.25) is 10.0 Å². The number of aromatic amines is 1. The highest BCUT2D eigenvalue weighted by atomic mass is 35.5. The number of carbonyl (C=O) groups excluding carboxylic acids is 2. The first-order valence-corrected chi connectivity index (χ1v) is 18.4. The number of benzene rings is 4. The summed E-state index contributed by atoms with van der Waals surface area (Å²) in [5.74, 6) is -0.364. The van der Waals surface area contributed by atoms with Gasteiger partial charge in [-0.1, -0.05) is 65.7 Å². The van der Waals surface area contributed by atoms with Crippen LogP contribution >= 0.6 is 23.2 Å². The summed E-state index contributed by atoms with van der Waals surface area (Å²) < 4.78 is 7.41. The summed E-state index contributed by atoms with van der Waals surface area (Å²) in [6.07, 6.45) is 3.93. The minimum absolute atomic E-state index is 0.0938. The van der Waals surface area contributed by atoms with E-state index in [9.17, 15) is 14.9 Å². The molecule has 2 N–H and O–H groups in total. The zero-order chi connectivity index (χ0) is 36.2. The third-order valence-corrected chi connectivity index (χ3v) is 11.1. The van der Waals surface area contributed by atoms with E-state index in [1.54, 1.807) is 12.1 Å². The Bertz CT molecular complexity index is 2440. The second-order valence-electron chi connectivity index (χ2n) is 13.6. The highest BCUT2D eigenvalue weighted by Gasteiger charge is 2.37. The highest BCUT2D eigenvalue weighted by molar-refractivity contribution is 6.32. The molecule has 0 radical (unpaired) electrons. The standard InChI is InChI=1S/C41H33Cl2N7O3/c42-27-10-8-26(9-11-27)38-30-20-28(43)21-32-34(30)35(39-36(45-23-50(38)39)25-5-2-1-3-6-25)37(46-32)40(51)47-31-19-24(22-44)7-12-33(31)48-16-13-29(14-17-48)49-15-4-18-53-41(49)52/h1-3,5-12,19-21,23,29,38,46H,4,13-18H2,(H,47,51). The number of hydrogen-bond donors (Lipinski definition) is 2. The lowest BCUT2D eigenvalue weighted by atomic mass is 9.88. The molecule has 0 spiro atoms. The van der Waals surface area contributed by atoms with E-state index in [1.807, 2.05) is 84.0 Å². The molecule has 2 saturated heterocycles. The third kappa shape index (κ3) is 5.77. The Balaban J connectivity index is 1.13. The Kier molecular flexibility index (Phi) is 8.33. The SMILES string of the molecule is N#Cc1ccc(N2CCC(N3CCCOC3=O)CC2)c(NC(=O)c2[nH]c3cc(Cl)cc4c3c2-c2c(-c3ccccc3)ncn2C4c2ccc(Cl)cc2)c1. The fourth-order valence-corrected chi connectivity index (χ4v) is 8.53. The van der Waals surface area contributed by atoms with Crippen LogP contribution < -0.4 is 10.2 Å². The molecule has 3 aliphatic rings. The molecule has 4 aromatic carbocycles. The van der Waals surface area contributed by atoms with Crippen molar-refractivity contribution in [3.05, 3.63) is 124 Å². The fourth-order valence-electron chi connectivity index (χ4n) is 8.18. The number of cyclic esters (lactones) is 1. The van der Waals surface area contributed by atoms with Crippen molar-refractivity contribution in [1.82, 2.24) is 19.4 Å². The van der Waals surface area contributed by atoms with Gasteiger partial charge < -0.3 is 29.4 Å². The van der Waals surface area contributed by atoms with Crippen molar-refractivity contribution in [3.8, 4) is 28.6 Å². The van der Waals surface area contributed by atoms with Gasteiger partial charge in [0.05, 0.1) is 53.4 Å². The molecule has 6 aromatic rings. The second-order valence-corrected chi connectivity index (χ2v) is 14.5. The largest absolute Gasteiger partial charge is 0.449 e. The quantitative estimate of drug-likeness (QED) is 0.176. The molecule has 5 heterocycles. The number of H-pyrrole nitrogens is 1. The van der Waals surface area contributed by atoms with E-state index in [-0.39, 0.29) is 24.1 Å². The van der Waals surface area contributed by atoms with Crippen LogP contribution in [0.1, 0.15) is 52.5 Å². The van der Waals surface area contributed by atoms with Gasteiger partial charge in [0.1, 0.15) is 5.69 Å². The van der Waals surface area contributed by atoms with Gasteiger partial charge in [-0.3, -0.25) is 4.79 Å². The first-order valence-electron chi connectivity index (χ1n) is 17.6. The van der Waals surface area contributed by atoms with Crippen LogP contribution in [-0.4, -0.2) is 63.7 Å². The maximum absolute atomic E-state index is 14.7. The number of rotatable bonds is 6. The van der Waals surface area contributed by atoms with Gasteiger partial charge in [0.25, 0.3) is 5.91 Å². The smallest absolute Gasteiger partial charge is 0.410 e. The molecule has 3 aliphatic heterocycles. The second kappa shape index (κ2) is 13.3. The van der Waals surface area contributed by atoms with Crippen LogP contribution in [0.3, 0.4) is 0 Å². The maximum atomic E-state index is 14.7. The minimum atomic E-state index is -0.364. The van der Waals surface area contributed by atoms with Crippen molar-refractivity contribution in [2.24, 2.45) is 0 Å². The number of nitrogens with one attached hydrogen (secondary N) is 2. The zero-order valence-corrected chi connectivity index (χ0v) is 30.0. The summed E-state index contributed by atoms with van der Waals surface area (Å²) in [6.45, 7) is 2.52. The summed E-state index contributed by atoms with van der Waals surface area (Å²) in [4.78, 5) is 39.6. The summed E-state index contributed by atoms with van der Waals surface area (Å²) in [5.41, 5.74) is 7.94. The van der Waals surface area contributed by atoms with Crippen molar-refractivity contribution in [3.63, 3.8) is 0 Å². The molecule has 10 nitrogen and oxygen atoms in total. The average molecular weight is 743 g/mol. The van der Waals surface area contributed by atoms with Gasteiger partial charge in [-0.2, -0.15) is 5.26 Å². The monoisotopic (exact) mass is 741 g/mol. The fraction of sp³-hybridized carbons (Fsp3) is 0.220. The predicted octanol–water partition coefficient (Wildman–Crippen LogP) is 8.89. The molecule has 2 fully saturated rings. The summed E-state index contributed by atoms with van der Waals surface area (Å²) in [7, 11) is 0. The number of carbonyl (C=O) groups is 2. The lowest BCUT2D eigenvalue weighted by molar-refractivity contribution is 0.0499. The number of imidazole rings is 1. The first kappa shape index (κ1) is 33.1. The van der Waals surface area contributed by atoms with E-state index in [2.05, 4.69) is 25.8 Å². The van der Waals surface area contributed by atoms with Crippen molar-refractivity contribution in [1.29, 1.82) is 5.26 Å². The van der Waals surface area contributed by atoms with Crippen LogP contribution in [-0.2, 0) is 4.74 Å². The highest BCUT2D eigenvalue weighted by Crippen LogP contribution is 2.50. The van der Waals surface area contributed by atoms with Crippen LogP contribution in [0.5, 0.6) is 0 Å². The van der Waals surface area contributed by atoms with Crippen molar-refractivity contribution in [2.75, 3.05) is 36.5 Å². The van der Waals surface area contributed by atoms with Gasteiger partial charge in [0.2, 0.25) is 0 Å². The minimum Gasteiger partial charge on any atom is -0.449 e. The molecule has 264 valence electrons. The van der Waals surface area contributed by atoms with Crippen molar-refractivity contribution >= 4 is 57.5 Å². The summed E-state index contributed by atoms with van der Waals surface area (Å²) >= 11 is 13.1. The number of aromatic nitrogens is 3. The van der Waals surface area contributed by atoms with E-state index in [1.165, 1.54) is 0 Å². The number of anilines is 2. The number of nitrogens with zero attached hydrogens (tertiary/aromatic N) is 5. The first-order chi connectivity index (χ1) is 25.9. The topological polar surface area (TPSA) is 119 Å². The maximum Gasteiger partial charge on any atom is 0.410 e. The summed E-state index contributed by atoms with van der Waals surface area (Å²) in [5, 5.41) is 15.1. The number of fused-ring (bicyclic) bond motifs is 2. The Morgan fingerprint density at radius 1 is 0.962 bits per heavy atom. The van der Waals surface area contributed by atoms with E-state index in [0.717, 1.165) is 69.5 Å². The molecule has 0 saturated carbocycles. The molecule has 12 heteroatoms. The van der Waals surface area contributed by atoms with Crippen molar-refractivity contribution < 1.29 is 14.3 Å². The Morgan fingerprint density at radius 2 is 1.75 bits per heavy atom. The lowest BCUT2D eigenvalue weighted by Crippen LogP contribution is -2.50. The lowest BCUT2D eigenvalue weighted by Gasteiger charge is -2.40. The number of amides is 2. The molecular weight excluding hydrogens is 709 g/mol. The van der Waals surface area contributed by atoms with E-state index in [4.69, 9.17) is 32.9 Å². The van der Waals surface area contributed by atoms with Crippen LogP contribution in [0.15, 0.2) is 91.3 Å². The van der Waals surface area contributed by atoms with E-state index >= 15 is 0 Å². The average Bonchev–Trinajstić information content (AvgIpc) is 3.79. The van der Waals surface area contributed by atoms with Gasteiger partial charge in [-0.15, -0.1) is 0 Å². The van der Waals surface area contributed by atoms with Gasteiger partial charge in [-0.25, -0.2) is 9.78 Å². The molecule has 2 aromatic heterocycles. The van der Waals surface area contributed by atoms with Gasteiger partial charge in [0.15, 0.2) is 0 Å². The molecule has 0 bridgehead atoms. The van der Waals surface area contributed by atoms with Crippen LogP contribution in [0, 0.1) is 11.3 Å². The van der Waals surface area contributed by atoms with Crippen molar-refractivity contribution in [2.45, 2.75) is 31.3 Å². The van der Waals surface area contributed by atoms with Crippen LogP contribution in [0.25, 0.3) is 33.4 Å². The van der Waals surface area contributed by atoms with Crippen LogP contribution in [0.4, 0.5) is 16.2 Å². The predicted molar refractivity (Wildman–Crippen MR) is 206 cm³/mol. The summed E-state index contributed by atoms with van der Waals surface area (Å²) in [6, 6.07) is 28.9. The van der Waals surface area contributed by atoms with E-state index < -0.39 is 0 Å². The molecular formula is C41H33Cl2N7O3. The third-order valence-electron chi connectivity index (χ3n) is 10.6. The molecule has 9 rings (SSSR count). The molecule has 2 amide bonds. The molecule has 53 heavy (non-hydrogen) atoms.